The number of aromatic nitrogens is 2. The van der Waals surface area contributed by atoms with Crippen molar-refractivity contribution in [3.05, 3.63) is 53.3 Å². The quantitative estimate of drug-likeness (QED) is 0.828. The van der Waals surface area contributed by atoms with Gasteiger partial charge in [0, 0.05) is 26.9 Å². The monoisotopic (exact) mass is 356 g/mol. The van der Waals surface area contributed by atoms with Gasteiger partial charge >= 0.3 is 0 Å². The van der Waals surface area contributed by atoms with Gasteiger partial charge in [0.1, 0.15) is 0 Å². The molecule has 0 spiro atoms. The first-order chi connectivity index (χ1) is 12.7. The molecule has 1 aliphatic rings. The molecular formula is C20H28N4O2. The third kappa shape index (κ3) is 4.51. The third-order valence-electron chi connectivity index (χ3n) is 5.05. The minimum Gasteiger partial charge on any atom is -0.380 e. The fraction of sp³-hybridized carbons (Fsp3) is 0.500. The SMILES string of the molecule is COCc1ccccc1CNC(=O)CN1CCCCC1c1ccnn1C. The Kier molecular flexibility index (Phi) is 6.41. The van der Waals surface area contributed by atoms with E-state index < -0.39 is 0 Å². The van der Waals surface area contributed by atoms with Gasteiger partial charge in [0.2, 0.25) is 5.91 Å². The first-order valence-electron chi connectivity index (χ1n) is 9.23. The lowest BCUT2D eigenvalue weighted by Gasteiger charge is -2.35. The molecule has 1 unspecified atom stereocenters. The number of piperidine rings is 1. The molecule has 1 amide bonds. The number of amides is 1. The molecule has 6 heteroatoms. The molecule has 1 atom stereocenters. The average molecular weight is 356 g/mol. The summed E-state index contributed by atoms with van der Waals surface area (Å²) in [5, 5.41) is 7.35. The Balaban J connectivity index is 1.59. The van der Waals surface area contributed by atoms with Crippen LogP contribution in [0.15, 0.2) is 36.5 Å². The second-order valence-corrected chi connectivity index (χ2v) is 6.84. The van der Waals surface area contributed by atoms with Gasteiger partial charge in [0.25, 0.3) is 0 Å². The topological polar surface area (TPSA) is 59.4 Å². The van der Waals surface area contributed by atoms with E-state index in [0.29, 0.717) is 19.7 Å². The number of hydrogen-bond acceptors (Lipinski definition) is 4. The Hall–Kier alpha value is -2.18. The number of hydrogen-bond donors (Lipinski definition) is 1. The van der Waals surface area contributed by atoms with Crippen molar-refractivity contribution < 1.29 is 9.53 Å². The third-order valence-corrected chi connectivity index (χ3v) is 5.05. The lowest BCUT2D eigenvalue weighted by molar-refractivity contribution is -0.123. The fourth-order valence-electron chi connectivity index (χ4n) is 3.69. The minimum atomic E-state index is 0.0614. The maximum atomic E-state index is 12.5. The van der Waals surface area contributed by atoms with Crippen LogP contribution in [0.25, 0.3) is 0 Å². The molecule has 140 valence electrons. The van der Waals surface area contributed by atoms with Gasteiger partial charge in [-0.05, 0) is 36.6 Å². The molecule has 1 fully saturated rings. The molecule has 1 aromatic heterocycles. The number of benzene rings is 1. The van der Waals surface area contributed by atoms with Crippen molar-refractivity contribution in [1.29, 1.82) is 0 Å². The van der Waals surface area contributed by atoms with Crippen LogP contribution in [0.3, 0.4) is 0 Å². The molecule has 26 heavy (non-hydrogen) atoms. The van der Waals surface area contributed by atoms with E-state index in [1.807, 2.05) is 42.2 Å². The van der Waals surface area contributed by atoms with E-state index in [2.05, 4.69) is 21.4 Å². The zero-order chi connectivity index (χ0) is 18.4. The molecule has 1 aliphatic heterocycles. The largest absolute Gasteiger partial charge is 0.380 e. The van der Waals surface area contributed by atoms with Gasteiger partial charge in [-0.1, -0.05) is 30.7 Å². The molecule has 0 bridgehead atoms. The van der Waals surface area contributed by atoms with Crippen molar-refractivity contribution in [2.45, 2.75) is 38.5 Å². The van der Waals surface area contributed by atoms with E-state index in [0.717, 1.165) is 30.5 Å². The second-order valence-electron chi connectivity index (χ2n) is 6.84. The van der Waals surface area contributed by atoms with Crippen molar-refractivity contribution in [3.63, 3.8) is 0 Å². The average Bonchev–Trinajstić information content (AvgIpc) is 3.07. The number of carbonyl (C=O) groups is 1. The molecule has 0 aliphatic carbocycles. The molecule has 0 radical (unpaired) electrons. The normalized spacial score (nSPS) is 18.0. The molecular weight excluding hydrogens is 328 g/mol. The number of nitrogens with one attached hydrogen (secondary N) is 1. The molecule has 0 saturated carbocycles. The van der Waals surface area contributed by atoms with Crippen molar-refractivity contribution >= 4 is 5.91 Å². The Bertz CT molecular complexity index is 728. The van der Waals surface area contributed by atoms with Crippen molar-refractivity contribution in [2.75, 3.05) is 20.2 Å². The summed E-state index contributed by atoms with van der Waals surface area (Å²) in [7, 11) is 3.65. The summed E-state index contributed by atoms with van der Waals surface area (Å²) in [6.07, 6.45) is 5.23. The second kappa shape index (κ2) is 8.96. The van der Waals surface area contributed by atoms with Gasteiger partial charge in [0.05, 0.1) is 24.9 Å². The Morgan fingerprint density at radius 1 is 1.27 bits per heavy atom. The summed E-state index contributed by atoms with van der Waals surface area (Å²) in [6.45, 7) is 2.45. The van der Waals surface area contributed by atoms with E-state index in [1.165, 1.54) is 12.1 Å². The summed E-state index contributed by atoms with van der Waals surface area (Å²) in [5.41, 5.74) is 3.40. The lowest BCUT2D eigenvalue weighted by Crippen LogP contribution is -2.42. The van der Waals surface area contributed by atoms with Crippen molar-refractivity contribution in [1.82, 2.24) is 20.0 Å². The number of likely N-dealkylation sites (tertiary alicyclic amines) is 1. The number of methoxy groups -OCH3 is 1. The van der Waals surface area contributed by atoms with E-state index in [4.69, 9.17) is 4.74 Å². The zero-order valence-electron chi connectivity index (χ0n) is 15.6. The Labute approximate surface area is 155 Å². The summed E-state index contributed by atoms with van der Waals surface area (Å²) >= 11 is 0. The van der Waals surface area contributed by atoms with Gasteiger partial charge in [-0.25, -0.2) is 0 Å². The number of ether oxygens (including phenoxy) is 1. The van der Waals surface area contributed by atoms with Crippen LogP contribution in [0.4, 0.5) is 0 Å². The first kappa shape index (κ1) is 18.6. The fourth-order valence-corrected chi connectivity index (χ4v) is 3.69. The maximum Gasteiger partial charge on any atom is 0.234 e. The molecule has 3 rings (SSSR count). The molecule has 2 aromatic rings. The van der Waals surface area contributed by atoms with E-state index in [9.17, 15) is 4.79 Å². The first-order valence-corrected chi connectivity index (χ1v) is 9.23. The van der Waals surface area contributed by atoms with Crippen LogP contribution in [0.2, 0.25) is 0 Å². The predicted octanol–water partition coefficient (Wildman–Crippen LogP) is 2.41. The summed E-state index contributed by atoms with van der Waals surface area (Å²) in [4.78, 5) is 14.8. The number of carbonyl (C=O) groups excluding carboxylic acids is 1. The van der Waals surface area contributed by atoms with Gasteiger partial charge in [0.15, 0.2) is 0 Å². The highest BCUT2D eigenvalue weighted by atomic mass is 16.5. The highest BCUT2D eigenvalue weighted by molar-refractivity contribution is 5.78. The maximum absolute atomic E-state index is 12.5. The smallest absolute Gasteiger partial charge is 0.234 e. The number of aryl methyl sites for hydroxylation is 1. The molecule has 6 nitrogen and oxygen atoms in total. The summed E-state index contributed by atoms with van der Waals surface area (Å²) in [5.74, 6) is 0.0614. The van der Waals surface area contributed by atoms with E-state index >= 15 is 0 Å². The molecule has 1 saturated heterocycles. The van der Waals surface area contributed by atoms with Crippen LogP contribution in [-0.2, 0) is 29.7 Å². The standard InChI is InChI=1S/C20H28N4O2/c1-23-18(10-11-22-23)19-9-5-6-12-24(19)14-20(25)21-13-16-7-3-4-8-17(16)15-26-2/h3-4,7-8,10-11,19H,5-6,9,12-15H2,1-2H3,(H,21,25). The van der Waals surface area contributed by atoms with Gasteiger partial charge in [-0.3, -0.25) is 14.4 Å². The Morgan fingerprint density at radius 2 is 2.08 bits per heavy atom. The van der Waals surface area contributed by atoms with Crippen LogP contribution >= 0.6 is 0 Å². The molecule has 2 heterocycles. The van der Waals surface area contributed by atoms with Gasteiger partial charge in [-0.2, -0.15) is 5.10 Å². The van der Waals surface area contributed by atoms with Crippen LogP contribution < -0.4 is 5.32 Å². The van der Waals surface area contributed by atoms with E-state index in [1.54, 1.807) is 7.11 Å². The summed E-state index contributed by atoms with van der Waals surface area (Å²) in [6, 6.07) is 10.4. The predicted molar refractivity (Wildman–Crippen MR) is 100 cm³/mol. The van der Waals surface area contributed by atoms with Gasteiger partial charge < -0.3 is 10.1 Å². The molecule has 1 N–H and O–H groups in total. The van der Waals surface area contributed by atoms with Crippen LogP contribution in [-0.4, -0.2) is 40.8 Å². The lowest BCUT2D eigenvalue weighted by atomic mass is 9.99. The number of nitrogens with zero attached hydrogens (tertiary/aromatic N) is 3. The van der Waals surface area contributed by atoms with Crippen molar-refractivity contribution in [2.24, 2.45) is 7.05 Å². The number of rotatable bonds is 7. The minimum absolute atomic E-state index is 0.0614. The highest BCUT2D eigenvalue weighted by Gasteiger charge is 2.27. The van der Waals surface area contributed by atoms with Crippen LogP contribution in [0, 0.1) is 0 Å². The molecule has 1 aromatic carbocycles. The van der Waals surface area contributed by atoms with E-state index in [-0.39, 0.29) is 11.9 Å². The van der Waals surface area contributed by atoms with Gasteiger partial charge in [-0.15, -0.1) is 0 Å². The Morgan fingerprint density at radius 3 is 2.81 bits per heavy atom. The van der Waals surface area contributed by atoms with Crippen LogP contribution in [0.5, 0.6) is 0 Å². The zero-order valence-corrected chi connectivity index (χ0v) is 15.6. The van der Waals surface area contributed by atoms with Crippen LogP contribution in [0.1, 0.15) is 42.1 Å². The van der Waals surface area contributed by atoms with Crippen molar-refractivity contribution in [3.8, 4) is 0 Å². The summed E-state index contributed by atoms with van der Waals surface area (Å²) < 4.78 is 7.15. The highest BCUT2D eigenvalue weighted by Crippen LogP contribution is 2.30.